The first-order valence-electron chi connectivity index (χ1n) is 6.92. The van der Waals surface area contributed by atoms with Crippen LogP contribution in [0.2, 0.25) is 5.02 Å². The summed E-state index contributed by atoms with van der Waals surface area (Å²) in [6, 6.07) is 10.8. The lowest BCUT2D eigenvalue weighted by molar-refractivity contribution is 0.501. The van der Waals surface area contributed by atoms with Gasteiger partial charge in [-0.1, -0.05) is 36.7 Å². The number of benzene rings is 1. The maximum absolute atomic E-state index is 6.44. The molecule has 1 aromatic carbocycles. The maximum atomic E-state index is 6.44. The van der Waals surface area contributed by atoms with Crippen molar-refractivity contribution in [3.05, 3.63) is 55.6 Å². The zero-order valence-electron chi connectivity index (χ0n) is 11.5. The zero-order chi connectivity index (χ0) is 14.4. The van der Waals surface area contributed by atoms with Crippen LogP contribution in [0.4, 0.5) is 0 Å². The van der Waals surface area contributed by atoms with Crippen molar-refractivity contribution in [2.45, 2.75) is 32.2 Å². The first kappa shape index (κ1) is 16.0. The van der Waals surface area contributed by atoms with Gasteiger partial charge in [-0.3, -0.25) is 0 Å². The molecule has 0 spiro atoms. The van der Waals surface area contributed by atoms with Crippen LogP contribution in [0, 0.1) is 0 Å². The Balaban J connectivity index is 2.11. The highest BCUT2D eigenvalue weighted by Crippen LogP contribution is 2.32. The molecule has 1 unspecified atom stereocenters. The molecular formula is C16H19BrClNS. The van der Waals surface area contributed by atoms with E-state index in [9.17, 15) is 0 Å². The third-order valence-corrected chi connectivity index (χ3v) is 5.50. The SMILES string of the molecule is CCCNC(CCc1cccs1)c1cccc(Br)c1Cl. The second-order valence-corrected chi connectivity index (χ2v) is 7.03. The highest BCUT2D eigenvalue weighted by Gasteiger charge is 2.15. The number of halogens is 2. The van der Waals surface area contributed by atoms with Crippen LogP contribution in [0.15, 0.2) is 40.2 Å². The normalized spacial score (nSPS) is 12.6. The molecule has 0 fully saturated rings. The molecule has 1 aromatic heterocycles. The standard InChI is InChI=1S/C16H19BrClNS/c1-2-10-19-15(9-8-12-5-4-11-20-12)13-6-3-7-14(17)16(13)18/h3-7,11,15,19H,2,8-10H2,1H3. The maximum Gasteiger partial charge on any atom is 0.0595 e. The minimum atomic E-state index is 0.307. The van der Waals surface area contributed by atoms with Gasteiger partial charge in [-0.15, -0.1) is 11.3 Å². The van der Waals surface area contributed by atoms with Gasteiger partial charge in [0, 0.05) is 15.4 Å². The van der Waals surface area contributed by atoms with E-state index in [0.717, 1.165) is 35.3 Å². The Labute approximate surface area is 138 Å². The fourth-order valence-electron chi connectivity index (χ4n) is 2.22. The van der Waals surface area contributed by atoms with Crippen molar-refractivity contribution in [2.75, 3.05) is 6.54 Å². The molecule has 20 heavy (non-hydrogen) atoms. The van der Waals surface area contributed by atoms with Crippen molar-refractivity contribution < 1.29 is 0 Å². The summed E-state index contributed by atoms with van der Waals surface area (Å²) < 4.78 is 0.969. The molecule has 1 nitrogen and oxygen atoms in total. The van der Waals surface area contributed by atoms with Crippen molar-refractivity contribution in [2.24, 2.45) is 0 Å². The highest BCUT2D eigenvalue weighted by atomic mass is 79.9. The average Bonchev–Trinajstić information content (AvgIpc) is 2.96. The fourth-order valence-corrected chi connectivity index (χ4v) is 3.58. The van der Waals surface area contributed by atoms with E-state index >= 15 is 0 Å². The van der Waals surface area contributed by atoms with Crippen molar-refractivity contribution in [3.63, 3.8) is 0 Å². The van der Waals surface area contributed by atoms with Crippen LogP contribution in [-0.2, 0) is 6.42 Å². The van der Waals surface area contributed by atoms with Crippen molar-refractivity contribution in [1.82, 2.24) is 5.32 Å². The molecule has 2 rings (SSSR count). The molecule has 0 amide bonds. The van der Waals surface area contributed by atoms with E-state index in [4.69, 9.17) is 11.6 Å². The third-order valence-electron chi connectivity index (χ3n) is 3.26. The van der Waals surface area contributed by atoms with Gasteiger partial charge in [-0.25, -0.2) is 0 Å². The van der Waals surface area contributed by atoms with Crippen molar-refractivity contribution in [3.8, 4) is 0 Å². The summed E-state index contributed by atoms with van der Waals surface area (Å²) >= 11 is 11.8. The van der Waals surface area contributed by atoms with E-state index in [2.05, 4.69) is 57.8 Å². The number of hydrogen-bond acceptors (Lipinski definition) is 2. The Bertz CT molecular complexity index is 527. The molecule has 0 aliphatic heterocycles. The summed E-state index contributed by atoms with van der Waals surface area (Å²) in [4.78, 5) is 1.43. The summed E-state index contributed by atoms with van der Waals surface area (Å²) in [7, 11) is 0. The summed E-state index contributed by atoms with van der Waals surface area (Å²) in [5.74, 6) is 0. The van der Waals surface area contributed by atoms with E-state index in [1.165, 1.54) is 10.4 Å². The summed E-state index contributed by atoms with van der Waals surface area (Å²) in [5, 5.41) is 6.58. The molecule has 1 N–H and O–H groups in total. The Hall–Kier alpha value is -0.350. The first-order valence-corrected chi connectivity index (χ1v) is 8.97. The lowest BCUT2D eigenvalue weighted by Gasteiger charge is -2.20. The fraction of sp³-hybridized carbons (Fsp3) is 0.375. The molecule has 0 aliphatic carbocycles. The minimum Gasteiger partial charge on any atom is -0.310 e. The van der Waals surface area contributed by atoms with E-state index in [1.807, 2.05) is 17.4 Å². The van der Waals surface area contributed by atoms with Crippen LogP contribution in [0.3, 0.4) is 0 Å². The van der Waals surface area contributed by atoms with Gasteiger partial charge >= 0.3 is 0 Å². The van der Waals surface area contributed by atoms with E-state index in [-0.39, 0.29) is 0 Å². The minimum absolute atomic E-state index is 0.307. The molecule has 0 saturated carbocycles. The lowest BCUT2D eigenvalue weighted by atomic mass is 10.0. The van der Waals surface area contributed by atoms with E-state index in [1.54, 1.807) is 0 Å². The molecule has 1 atom stereocenters. The van der Waals surface area contributed by atoms with Crippen LogP contribution in [0.5, 0.6) is 0 Å². The van der Waals surface area contributed by atoms with Crippen LogP contribution < -0.4 is 5.32 Å². The number of hydrogen-bond donors (Lipinski definition) is 1. The lowest BCUT2D eigenvalue weighted by Crippen LogP contribution is -2.23. The van der Waals surface area contributed by atoms with Crippen molar-refractivity contribution >= 4 is 38.9 Å². The number of nitrogens with one attached hydrogen (secondary N) is 1. The van der Waals surface area contributed by atoms with Gasteiger partial charge in [-0.05, 0) is 64.8 Å². The summed E-state index contributed by atoms with van der Waals surface area (Å²) in [5.41, 5.74) is 1.19. The Morgan fingerprint density at radius 2 is 2.15 bits per heavy atom. The quantitative estimate of drug-likeness (QED) is 0.644. The highest BCUT2D eigenvalue weighted by molar-refractivity contribution is 9.10. The van der Waals surface area contributed by atoms with Gasteiger partial charge in [0.1, 0.15) is 0 Å². The first-order chi connectivity index (χ1) is 9.72. The molecular weight excluding hydrogens is 354 g/mol. The number of rotatable bonds is 7. The molecule has 0 saturated heterocycles. The Morgan fingerprint density at radius 1 is 1.30 bits per heavy atom. The zero-order valence-corrected chi connectivity index (χ0v) is 14.7. The monoisotopic (exact) mass is 371 g/mol. The smallest absolute Gasteiger partial charge is 0.0595 e. The van der Waals surface area contributed by atoms with Gasteiger partial charge in [0.2, 0.25) is 0 Å². The summed E-state index contributed by atoms with van der Waals surface area (Å²) in [6.45, 7) is 3.20. The molecule has 108 valence electrons. The topological polar surface area (TPSA) is 12.0 Å². The molecule has 0 aliphatic rings. The Kier molecular flexibility index (Phi) is 6.56. The van der Waals surface area contributed by atoms with Crippen LogP contribution in [0.1, 0.15) is 36.2 Å². The largest absolute Gasteiger partial charge is 0.310 e. The Morgan fingerprint density at radius 3 is 2.85 bits per heavy atom. The van der Waals surface area contributed by atoms with Crippen LogP contribution in [0.25, 0.3) is 0 Å². The average molecular weight is 373 g/mol. The predicted molar refractivity (Wildman–Crippen MR) is 92.8 cm³/mol. The number of aryl methyl sites for hydroxylation is 1. The molecule has 4 heteroatoms. The van der Waals surface area contributed by atoms with Gasteiger partial charge in [0.25, 0.3) is 0 Å². The number of thiophene rings is 1. The van der Waals surface area contributed by atoms with Gasteiger partial charge in [-0.2, -0.15) is 0 Å². The second kappa shape index (κ2) is 8.18. The van der Waals surface area contributed by atoms with Gasteiger partial charge in [0.05, 0.1) is 5.02 Å². The van der Waals surface area contributed by atoms with Gasteiger partial charge < -0.3 is 5.32 Å². The molecule has 2 aromatic rings. The van der Waals surface area contributed by atoms with E-state index in [0.29, 0.717) is 6.04 Å². The predicted octanol–water partition coefficient (Wildman–Crippen LogP) is 5.84. The van der Waals surface area contributed by atoms with E-state index < -0.39 is 0 Å². The summed E-state index contributed by atoms with van der Waals surface area (Å²) in [6.07, 6.45) is 3.28. The van der Waals surface area contributed by atoms with Crippen molar-refractivity contribution in [1.29, 1.82) is 0 Å². The van der Waals surface area contributed by atoms with Gasteiger partial charge in [0.15, 0.2) is 0 Å². The second-order valence-electron chi connectivity index (χ2n) is 4.77. The van der Waals surface area contributed by atoms with Crippen LogP contribution >= 0.6 is 38.9 Å². The molecule has 0 bridgehead atoms. The molecule has 1 heterocycles. The third kappa shape index (κ3) is 4.32. The van der Waals surface area contributed by atoms with Crippen LogP contribution in [-0.4, -0.2) is 6.54 Å². The molecule has 0 radical (unpaired) electrons.